The van der Waals surface area contributed by atoms with Crippen molar-refractivity contribution in [3.05, 3.63) is 57.7 Å². The van der Waals surface area contributed by atoms with Crippen LogP contribution in [0.1, 0.15) is 38.3 Å². The zero-order chi connectivity index (χ0) is 25.5. The number of hydrogen-bond donors (Lipinski definition) is 1. The van der Waals surface area contributed by atoms with Gasteiger partial charge in [-0.15, -0.1) is 6.58 Å². The number of urea groups is 1. The Labute approximate surface area is 216 Å². The lowest BCUT2D eigenvalue weighted by molar-refractivity contribution is -0.139. The molecule has 1 aromatic rings. The van der Waals surface area contributed by atoms with Crippen LogP contribution in [0.2, 0.25) is 10.0 Å². The van der Waals surface area contributed by atoms with Crippen LogP contribution in [0.5, 0.6) is 0 Å². The first-order chi connectivity index (χ1) is 16.8. The Morgan fingerprint density at radius 1 is 1.17 bits per heavy atom. The van der Waals surface area contributed by atoms with Gasteiger partial charge in [0.1, 0.15) is 0 Å². The Morgan fingerprint density at radius 2 is 1.94 bits per heavy atom. The summed E-state index contributed by atoms with van der Waals surface area (Å²) in [5.41, 5.74) is 1.53. The second-order valence-corrected chi connectivity index (χ2v) is 9.21. The molecule has 1 fully saturated rings. The fraction of sp³-hybridized carbons (Fsp3) is 0.480. The van der Waals surface area contributed by atoms with Crippen molar-refractivity contribution < 1.29 is 19.1 Å². The number of hydrogen-bond acceptors (Lipinski definition) is 5. The van der Waals surface area contributed by atoms with E-state index in [4.69, 9.17) is 27.9 Å². The van der Waals surface area contributed by atoms with Gasteiger partial charge in [-0.1, -0.05) is 42.3 Å². The molecule has 0 radical (unpaired) electrons. The largest absolute Gasteiger partial charge is 0.463 e. The molecular formula is C25H32Cl2N4O4. The van der Waals surface area contributed by atoms with Crippen LogP contribution < -0.4 is 5.32 Å². The molecule has 3 rings (SSSR count). The maximum absolute atomic E-state index is 13.3. The number of benzene rings is 1. The number of carbonyl (C=O) groups is 3. The molecule has 0 aliphatic carbocycles. The molecule has 0 aromatic heterocycles. The summed E-state index contributed by atoms with van der Waals surface area (Å²) in [6, 6.07) is 3.92. The summed E-state index contributed by atoms with van der Waals surface area (Å²) in [7, 11) is 0. The van der Waals surface area contributed by atoms with Gasteiger partial charge in [-0.25, -0.2) is 9.59 Å². The summed E-state index contributed by atoms with van der Waals surface area (Å²) in [4.78, 5) is 44.2. The predicted octanol–water partition coefficient (Wildman–Crippen LogP) is 4.01. The average Bonchev–Trinajstić information content (AvgIpc) is 3.08. The second-order valence-electron chi connectivity index (χ2n) is 8.40. The van der Waals surface area contributed by atoms with Crippen molar-refractivity contribution in [1.82, 2.24) is 20.0 Å². The van der Waals surface area contributed by atoms with Gasteiger partial charge in [0.05, 0.1) is 28.3 Å². The van der Waals surface area contributed by atoms with Gasteiger partial charge in [-0.2, -0.15) is 0 Å². The lowest BCUT2D eigenvalue weighted by Crippen LogP contribution is -2.51. The zero-order valence-electron chi connectivity index (χ0n) is 20.2. The summed E-state index contributed by atoms with van der Waals surface area (Å²) in [5.74, 6) is -0.381. The van der Waals surface area contributed by atoms with Gasteiger partial charge in [-0.3, -0.25) is 14.6 Å². The summed E-state index contributed by atoms with van der Waals surface area (Å²) in [5, 5.41) is 3.62. The molecule has 0 saturated carbocycles. The number of esters is 1. The fourth-order valence-electron chi connectivity index (χ4n) is 4.40. The molecule has 8 nitrogen and oxygen atoms in total. The molecule has 1 saturated heterocycles. The number of nitrogens with one attached hydrogen (secondary N) is 1. The Morgan fingerprint density at radius 3 is 2.60 bits per heavy atom. The van der Waals surface area contributed by atoms with Gasteiger partial charge in [0.25, 0.3) is 0 Å². The van der Waals surface area contributed by atoms with E-state index in [0.29, 0.717) is 59.5 Å². The van der Waals surface area contributed by atoms with Crippen LogP contribution in [0, 0.1) is 0 Å². The Balaban J connectivity index is 2.04. The van der Waals surface area contributed by atoms with E-state index in [0.717, 1.165) is 13.0 Å². The van der Waals surface area contributed by atoms with Crippen LogP contribution in [0.3, 0.4) is 0 Å². The van der Waals surface area contributed by atoms with Crippen molar-refractivity contribution in [2.24, 2.45) is 0 Å². The molecule has 2 aliphatic rings. The van der Waals surface area contributed by atoms with Crippen LogP contribution in [-0.4, -0.2) is 78.5 Å². The Hall–Kier alpha value is -2.55. The number of halogens is 2. The van der Waals surface area contributed by atoms with E-state index >= 15 is 0 Å². The van der Waals surface area contributed by atoms with Gasteiger partial charge in [0.15, 0.2) is 0 Å². The minimum absolute atomic E-state index is 0.128. The standard InChI is InChI=1S/C25H32Cl2N4O4/c1-4-10-31-20(16-29-11-7-12-30(14-13-29)21(32)5-2)22(24(33)35-6-3)23(28-25(31)34)17-8-9-18(26)19(27)15-17/h4,8-9,15,23H,1,5-7,10-14,16H2,2-3H3,(H,28,34). The van der Waals surface area contributed by atoms with Crippen LogP contribution in [0.25, 0.3) is 0 Å². The molecule has 10 heteroatoms. The average molecular weight is 523 g/mol. The molecule has 1 atom stereocenters. The minimum atomic E-state index is -0.752. The third-order valence-electron chi connectivity index (χ3n) is 6.14. The molecular weight excluding hydrogens is 491 g/mol. The van der Waals surface area contributed by atoms with E-state index in [9.17, 15) is 14.4 Å². The van der Waals surface area contributed by atoms with Gasteiger partial charge < -0.3 is 15.0 Å². The van der Waals surface area contributed by atoms with E-state index < -0.39 is 12.0 Å². The molecule has 1 aromatic carbocycles. The highest BCUT2D eigenvalue weighted by Crippen LogP contribution is 2.35. The van der Waals surface area contributed by atoms with Crippen LogP contribution in [-0.2, 0) is 14.3 Å². The van der Waals surface area contributed by atoms with E-state index in [-0.39, 0.29) is 25.1 Å². The number of ether oxygens (including phenoxy) is 1. The minimum Gasteiger partial charge on any atom is -0.463 e. The SMILES string of the molecule is C=CCN1C(=O)NC(c2ccc(Cl)c(Cl)c2)C(C(=O)OCC)=C1CN1CCCN(C(=O)CC)CC1. The smallest absolute Gasteiger partial charge is 0.338 e. The third kappa shape index (κ3) is 6.37. The highest BCUT2D eigenvalue weighted by molar-refractivity contribution is 6.42. The molecule has 1 unspecified atom stereocenters. The maximum Gasteiger partial charge on any atom is 0.338 e. The fourth-order valence-corrected chi connectivity index (χ4v) is 4.71. The first-order valence-electron chi connectivity index (χ1n) is 11.8. The van der Waals surface area contributed by atoms with Crippen molar-refractivity contribution in [2.45, 2.75) is 32.7 Å². The first-order valence-corrected chi connectivity index (χ1v) is 12.6. The van der Waals surface area contributed by atoms with Crippen LogP contribution >= 0.6 is 23.2 Å². The quantitative estimate of drug-likeness (QED) is 0.412. The molecule has 2 heterocycles. The van der Waals surface area contributed by atoms with E-state index in [2.05, 4.69) is 16.8 Å². The molecule has 190 valence electrons. The molecule has 0 bridgehead atoms. The normalized spacial score (nSPS) is 19.3. The zero-order valence-corrected chi connectivity index (χ0v) is 21.7. The topological polar surface area (TPSA) is 82.2 Å². The lowest BCUT2D eigenvalue weighted by Gasteiger charge is -2.38. The monoisotopic (exact) mass is 522 g/mol. The van der Waals surface area contributed by atoms with Gasteiger partial charge in [0.2, 0.25) is 5.91 Å². The van der Waals surface area contributed by atoms with Gasteiger partial charge in [-0.05, 0) is 31.0 Å². The molecule has 1 N–H and O–H groups in total. The van der Waals surface area contributed by atoms with Crippen molar-refractivity contribution in [3.63, 3.8) is 0 Å². The van der Waals surface area contributed by atoms with Crippen molar-refractivity contribution in [1.29, 1.82) is 0 Å². The predicted molar refractivity (Wildman–Crippen MR) is 136 cm³/mol. The number of amides is 3. The summed E-state index contributed by atoms with van der Waals surface area (Å²) >= 11 is 12.4. The summed E-state index contributed by atoms with van der Waals surface area (Å²) < 4.78 is 5.42. The number of rotatable bonds is 8. The van der Waals surface area contributed by atoms with Crippen molar-refractivity contribution in [2.75, 3.05) is 45.9 Å². The highest BCUT2D eigenvalue weighted by atomic mass is 35.5. The first kappa shape index (κ1) is 27.0. The lowest BCUT2D eigenvalue weighted by atomic mass is 9.94. The van der Waals surface area contributed by atoms with Crippen molar-refractivity contribution >= 4 is 41.1 Å². The van der Waals surface area contributed by atoms with Crippen molar-refractivity contribution in [3.8, 4) is 0 Å². The van der Waals surface area contributed by atoms with Gasteiger partial charge in [0, 0.05) is 51.4 Å². The van der Waals surface area contributed by atoms with Crippen LogP contribution in [0.4, 0.5) is 4.79 Å². The Kier molecular flexibility index (Phi) is 9.60. The van der Waals surface area contributed by atoms with Crippen LogP contribution in [0.15, 0.2) is 42.1 Å². The number of nitrogens with zero attached hydrogens (tertiary/aromatic N) is 3. The highest BCUT2D eigenvalue weighted by Gasteiger charge is 2.38. The third-order valence-corrected chi connectivity index (χ3v) is 6.88. The molecule has 0 spiro atoms. The molecule has 2 aliphatic heterocycles. The van der Waals surface area contributed by atoms with E-state index in [1.54, 1.807) is 31.2 Å². The van der Waals surface area contributed by atoms with E-state index in [1.165, 1.54) is 4.90 Å². The molecule has 3 amide bonds. The van der Waals surface area contributed by atoms with Gasteiger partial charge >= 0.3 is 12.0 Å². The Bertz CT molecular complexity index is 1010. The maximum atomic E-state index is 13.3. The summed E-state index contributed by atoms with van der Waals surface area (Å²) in [6.07, 6.45) is 2.89. The van der Waals surface area contributed by atoms with E-state index in [1.807, 2.05) is 11.8 Å². The molecule has 35 heavy (non-hydrogen) atoms. The summed E-state index contributed by atoms with van der Waals surface area (Å²) in [6.45, 7) is 10.8. The number of carbonyl (C=O) groups excluding carboxylic acids is 3. The second kappa shape index (κ2) is 12.4.